The van der Waals surface area contributed by atoms with Gasteiger partial charge in [0, 0.05) is 23.9 Å². The Morgan fingerprint density at radius 2 is 2.04 bits per heavy atom. The van der Waals surface area contributed by atoms with E-state index in [1.54, 1.807) is 4.90 Å². The molecule has 1 atom stereocenters. The summed E-state index contributed by atoms with van der Waals surface area (Å²) in [7, 11) is 0. The molecule has 0 saturated carbocycles. The normalized spacial score (nSPS) is 18.1. The minimum atomic E-state index is -4.61. The summed E-state index contributed by atoms with van der Waals surface area (Å²) in [6.07, 6.45) is -1.38. The molecule has 2 rings (SSSR count). The van der Waals surface area contributed by atoms with E-state index < -0.39 is 30.0 Å². The lowest BCUT2D eigenvalue weighted by Crippen LogP contribution is -2.46. The maximum absolute atomic E-state index is 13.2. The molecule has 1 aliphatic heterocycles. The first-order chi connectivity index (χ1) is 11.3. The zero-order valence-corrected chi connectivity index (χ0v) is 12.9. The van der Waals surface area contributed by atoms with Gasteiger partial charge in [-0.05, 0) is 32.0 Å². The smallest absolute Gasteiger partial charge is 0.369 e. The Kier molecular flexibility index (Phi) is 5.76. The summed E-state index contributed by atoms with van der Waals surface area (Å²) in [6.45, 7) is 0.990. The monoisotopic (exact) mass is 344 g/mol. The Morgan fingerprint density at radius 3 is 2.54 bits per heavy atom. The number of primary amides is 1. The first-order valence-corrected chi connectivity index (χ1v) is 7.55. The lowest BCUT2D eigenvalue weighted by Gasteiger charge is -2.31. The Labute approximate surface area is 137 Å². The number of halogens is 3. The molecule has 0 spiro atoms. The second kappa shape index (κ2) is 7.61. The van der Waals surface area contributed by atoms with Crippen LogP contribution in [0, 0.1) is 5.92 Å². The fraction of sp³-hybridized carbons (Fsp3) is 0.533. The van der Waals surface area contributed by atoms with E-state index in [0.29, 0.717) is 25.9 Å². The Balaban J connectivity index is 1.98. The van der Waals surface area contributed by atoms with Gasteiger partial charge >= 0.3 is 6.18 Å². The number of pyridine rings is 1. The fourth-order valence-corrected chi connectivity index (χ4v) is 2.73. The highest BCUT2D eigenvalue weighted by molar-refractivity contribution is 5.79. The quantitative estimate of drug-likeness (QED) is 0.834. The van der Waals surface area contributed by atoms with Gasteiger partial charge in [0.1, 0.15) is 0 Å². The second-order valence-electron chi connectivity index (χ2n) is 5.79. The van der Waals surface area contributed by atoms with E-state index in [1.807, 2.05) is 0 Å². The maximum Gasteiger partial charge on any atom is 0.412 e. The molecule has 2 heterocycles. The van der Waals surface area contributed by atoms with Gasteiger partial charge in [-0.15, -0.1) is 0 Å². The predicted octanol–water partition coefficient (Wildman–Crippen LogP) is 0.998. The number of hydrogen-bond acceptors (Lipinski definition) is 4. The van der Waals surface area contributed by atoms with Crippen LogP contribution in [0.1, 0.15) is 24.4 Å². The van der Waals surface area contributed by atoms with Crippen molar-refractivity contribution >= 4 is 11.8 Å². The Hall–Kier alpha value is -2.16. The van der Waals surface area contributed by atoms with Crippen molar-refractivity contribution in [2.75, 3.05) is 19.6 Å². The van der Waals surface area contributed by atoms with Crippen LogP contribution in [0.4, 0.5) is 13.2 Å². The summed E-state index contributed by atoms with van der Waals surface area (Å²) in [4.78, 5) is 28.5. The number of rotatable bonds is 5. The van der Waals surface area contributed by atoms with Crippen LogP contribution in [0.3, 0.4) is 0 Å². The average Bonchev–Trinajstić information content (AvgIpc) is 2.52. The van der Waals surface area contributed by atoms with Crippen molar-refractivity contribution in [3.05, 3.63) is 30.1 Å². The van der Waals surface area contributed by atoms with Gasteiger partial charge in [0.25, 0.3) is 0 Å². The van der Waals surface area contributed by atoms with Crippen LogP contribution in [0.5, 0.6) is 0 Å². The molecule has 0 unspecified atom stereocenters. The van der Waals surface area contributed by atoms with Crippen LogP contribution in [0.15, 0.2) is 24.5 Å². The second-order valence-corrected chi connectivity index (χ2v) is 5.79. The standard InChI is InChI=1S/C15H19F3N4O2/c16-15(17,18)13(11-2-1-5-20-8-11)21-14(24)10-3-6-22(7-4-10)9-12(19)23/h1-2,5,8,10,13H,3-4,6-7,9H2,(H2,19,23)(H,21,24)/t13-/m0/s1. The molecule has 0 bridgehead atoms. The van der Waals surface area contributed by atoms with E-state index in [4.69, 9.17) is 5.73 Å². The molecule has 0 radical (unpaired) electrons. The molecule has 1 aliphatic rings. The third kappa shape index (κ3) is 4.92. The molecule has 1 fully saturated rings. The van der Waals surface area contributed by atoms with Gasteiger partial charge < -0.3 is 11.1 Å². The van der Waals surface area contributed by atoms with Crippen LogP contribution in [-0.2, 0) is 9.59 Å². The molecule has 24 heavy (non-hydrogen) atoms. The number of amides is 2. The van der Waals surface area contributed by atoms with Crippen molar-refractivity contribution in [3.8, 4) is 0 Å². The lowest BCUT2D eigenvalue weighted by atomic mass is 9.95. The molecule has 1 aromatic rings. The summed E-state index contributed by atoms with van der Waals surface area (Å²) in [5.74, 6) is -1.62. The summed E-state index contributed by atoms with van der Waals surface area (Å²) in [5, 5.41) is 2.08. The van der Waals surface area contributed by atoms with E-state index in [9.17, 15) is 22.8 Å². The number of hydrogen-bond donors (Lipinski definition) is 2. The number of carbonyl (C=O) groups excluding carboxylic acids is 2. The molecule has 0 aliphatic carbocycles. The fourth-order valence-electron chi connectivity index (χ4n) is 2.73. The molecular formula is C15H19F3N4O2. The maximum atomic E-state index is 13.2. The Morgan fingerprint density at radius 1 is 1.38 bits per heavy atom. The van der Waals surface area contributed by atoms with Crippen molar-refractivity contribution in [1.29, 1.82) is 0 Å². The van der Waals surface area contributed by atoms with Gasteiger partial charge in [-0.25, -0.2) is 0 Å². The highest BCUT2D eigenvalue weighted by Gasteiger charge is 2.43. The van der Waals surface area contributed by atoms with E-state index in [-0.39, 0.29) is 12.1 Å². The van der Waals surface area contributed by atoms with Crippen LogP contribution >= 0.6 is 0 Å². The van der Waals surface area contributed by atoms with Gasteiger partial charge in [-0.2, -0.15) is 13.2 Å². The highest BCUT2D eigenvalue weighted by atomic mass is 19.4. The predicted molar refractivity (Wildman–Crippen MR) is 79.5 cm³/mol. The summed E-state index contributed by atoms with van der Waals surface area (Å²) < 4.78 is 39.7. The number of piperidine rings is 1. The third-order valence-electron chi connectivity index (χ3n) is 3.97. The van der Waals surface area contributed by atoms with Crippen LogP contribution in [-0.4, -0.2) is 47.5 Å². The SMILES string of the molecule is NC(=O)CN1CCC(C(=O)N[C@@H](c2cccnc2)C(F)(F)F)CC1. The van der Waals surface area contributed by atoms with E-state index in [2.05, 4.69) is 10.3 Å². The van der Waals surface area contributed by atoms with Gasteiger partial charge in [0.2, 0.25) is 11.8 Å². The van der Waals surface area contributed by atoms with E-state index in [1.165, 1.54) is 18.3 Å². The van der Waals surface area contributed by atoms with Crippen LogP contribution in [0.25, 0.3) is 0 Å². The van der Waals surface area contributed by atoms with Gasteiger partial charge in [0.15, 0.2) is 6.04 Å². The number of likely N-dealkylation sites (tertiary alicyclic amines) is 1. The number of aromatic nitrogens is 1. The molecular weight excluding hydrogens is 325 g/mol. The number of alkyl halides is 3. The van der Waals surface area contributed by atoms with E-state index >= 15 is 0 Å². The number of nitrogens with zero attached hydrogens (tertiary/aromatic N) is 2. The van der Waals surface area contributed by atoms with E-state index in [0.717, 1.165) is 6.20 Å². The molecule has 0 aromatic carbocycles. The first kappa shape index (κ1) is 18.2. The highest BCUT2D eigenvalue weighted by Crippen LogP contribution is 2.33. The Bertz CT molecular complexity index is 572. The molecule has 1 aromatic heterocycles. The zero-order valence-electron chi connectivity index (χ0n) is 12.9. The van der Waals surface area contributed by atoms with Crippen molar-refractivity contribution in [2.45, 2.75) is 25.1 Å². The van der Waals surface area contributed by atoms with Crippen molar-refractivity contribution in [2.24, 2.45) is 11.7 Å². The molecule has 3 N–H and O–H groups in total. The first-order valence-electron chi connectivity index (χ1n) is 7.55. The van der Waals surface area contributed by atoms with Crippen molar-refractivity contribution < 1.29 is 22.8 Å². The topological polar surface area (TPSA) is 88.3 Å². The summed E-state index contributed by atoms with van der Waals surface area (Å²) in [5.41, 5.74) is 5.00. The third-order valence-corrected chi connectivity index (χ3v) is 3.97. The molecule has 2 amide bonds. The van der Waals surface area contributed by atoms with Gasteiger partial charge in [0.05, 0.1) is 6.54 Å². The van der Waals surface area contributed by atoms with Gasteiger partial charge in [-0.3, -0.25) is 19.5 Å². The summed E-state index contributed by atoms with van der Waals surface area (Å²) >= 11 is 0. The zero-order chi connectivity index (χ0) is 17.7. The number of nitrogens with two attached hydrogens (primary N) is 1. The van der Waals surface area contributed by atoms with Gasteiger partial charge in [-0.1, -0.05) is 6.07 Å². The van der Waals surface area contributed by atoms with Crippen molar-refractivity contribution in [3.63, 3.8) is 0 Å². The number of nitrogens with one attached hydrogen (secondary N) is 1. The largest absolute Gasteiger partial charge is 0.412 e. The minimum Gasteiger partial charge on any atom is -0.369 e. The minimum absolute atomic E-state index is 0.0925. The lowest BCUT2D eigenvalue weighted by molar-refractivity contribution is -0.165. The molecule has 132 valence electrons. The van der Waals surface area contributed by atoms with Crippen molar-refractivity contribution in [1.82, 2.24) is 15.2 Å². The average molecular weight is 344 g/mol. The number of carbonyl (C=O) groups is 2. The molecule has 6 nitrogen and oxygen atoms in total. The molecule has 9 heteroatoms. The summed E-state index contributed by atoms with van der Waals surface area (Å²) in [6, 6.07) is 0.589. The van der Waals surface area contributed by atoms with Crippen LogP contribution < -0.4 is 11.1 Å². The van der Waals surface area contributed by atoms with Crippen LogP contribution in [0.2, 0.25) is 0 Å². The molecule has 1 saturated heterocycles.